The predicted octanol–water partition coefficient (Wildman–Crippen LogP) is 3.38. The minimum absolute atomic E-state index is 0.0722. The van der Waals surface area contributed by atoms with Crippen LogP contribution in [0.3, 0.4) is 0 Å². The number of carbonyl (C=O) groups is 1. The molecule has 3 aromatic rings. The van der Waals surface area contributed by atoms with E-state index < -0.39 is 0 Å². The number of carbonyl (C=O) groups excluding carboxylic acids is 1. The number of nitrogens with zero attached hydrogens (tertiary/aromatic N) is 4. The maximum atomic E-state index is 13.4. The standard InChI is InChI=1S/C24H29N5O/c1-2-13-29-15-14-28(18-23-26-11-12-27-23)17-21(24(29)30)16-20-5-3-4-6-22(20)19-7-9-25-10-8-19/h3-12,21H,2,13-18H2,1H3,(H,26,27)/t21-/m1/s1. The molecule has 0 aliphatic carbocycles. The number of imidazole rings is 1. The van der Waals surface area contributed by atoms with Crippen LogP contribution in [0.2, 0.25) is 0 Å². The Morgan fingerprint density at radius 1 is 1.10 bits per heavy atom. The van der Waals surface area contributed by atoms with Crippen LogP contribution in [0.25, 0.3) is 11.1 Å². The van der Waals surface area contributed by atoms with Gasteiger partial charge in [0.2, 0.25) is 5.91 Å². The van der Waals surface area contributed by atoms with Gasteiger partial charge >= 0.3 is 0 Å². The number of hydrogen-bond acceptors (Lipinski definition) is 4. The van der Waals surface area contributed by atoms with E-state index in [1.165, 1.54) is 11.1 Å². The molecule has 3 heterocycles. The lowest BCUT2D eigenvalue weighted by atomic mass is 9.91. The van der Waals surface area contributed by atoms with Crippen molar-refractivity contribution in [3.05, 3.63) is 72.6 Å². The predicted molar refractivity (Wildman–Crippen MR) is 118 cm³/mol. The number of aromatic amines is 1. The van der Waals surface area contributed by atoms with E-state index in [9.17, 15) is 4.79 Å². The van der Waals surface area contributed by atoms with Gasteiger partial charge in [-0.3, -0.25) is 14.7 Å². The molecule has 6 heteroatoms. The van der Waals surface area contributed by atoms with Gasteiger partial charge in [-0.25, -0.2) is 4.98 Å². The number of nitrogens with one attached hydrogen (secondary N) is 1. The highest BCUT2D eigenvalue weighted by Gasteiger charge is 2.30. The number of H-pyrrole nitrogens is 1. The largest absolute Gasteiger partial charge is 0.348 e. The molecule has 1 N–H and O–H groups in total. The molecule has 156 valence electrons. The highest BCUT2D eigenvalue weighted by atomic mass is 16.2. The average molecular weight is 404 g/mol. The first-order valence-electron chi connectivity index (χ1n) is 10.7. The summed E-state index contributed by atoms with van der Waals surface area (Å²) in [6.45, 7) is 6.07. The Kier molecular flexibility index (Phi) is 6.54. The van der Waals surface area contributed by atoms with Gasteiger partial charge < -0.3 is 9.88 Å². The second-order valence-corrected chi connectivity index (χ2v) is 7.89. The number of amides is 1. The van der Waals surface area contributed by atoms with Crippen LogP contribution in [0.4, 0.5) is 0 Å². The van der Waals surface area contributed by atoms with Crippen molar-refractivity contribution in [2.75, 3.05) is 26.2 Å². The van der Waals surface area contributed by atoms with Crippen molar-refractivity contribution in [1.29, 1.82) is 0 Å². The minimum Gasteiger partial charge on any atom is -0.348 e. The van der Waals surface area contributed by atoms with Gasteiger partial charge in [0, 0.05) is 51.0 Å². The van der Waals surface area contributed by atoms with Crippen molar-refractivity contribution in [2.24, 2.45) is 5.92 Å². The summed E-state index contributed by atoms with van der Waals surface area (Å²) >= 11 is 0. The van der Waals surface area contributed by atoms with E-state index in [0.717, 1.165) is 57.0 Å². The molecule has 1 saturated heterocycles. The van der Waals surface area contributed by atoms with E-state index in [-0.39, 0.29) is 11.8 Å². The third kappa shape index (κ3) is 4.76. The molecule has 6 nitrogen and oxygen atoms in total. The summed E-state index contributed by atoms with van der Waals surface area (Å²) in [5.74, 6) is 1.14. The Bertz CT molecular complexity index is 941. The Morgan fingerprint density at radius 3 is 2.70 bits per heavy atom. The third-order valence-corrected chi connectivity index (χ3v) is 5.72. The molecule has 0 radical (unpaired) electrons. The molecule has 2 aromatic heterocycles. The maximum Gasteiger partial charge on any atom is 0.227 e. The van der Waals surface area contributed by atoms with Crippen molar-refractivity contribution in [3.63, 3.8) is 0 Å². The Hall–Kier alpha value is -2.99. The normalized spacial score (nSPS) is 17.8. The summed E-state index contributed by atoms with van der Waals surface area (Å²) in [6, 6.07) is 12.5. The zero-order valence-electron chi connectivity index (χ0n) is 17.5. The second-order valence-electron chi connectivity index (χ2n) is 7.89. The van der Waals surface area contributed by atoms with E-state index in [4.69, 9.17) is 0 Å². The van der Waals surface area contributed by atoms with E-state index in [1.54, 1.807) is 6.20 Å². The fourth-order valence-electron chi connectivity index (χ4n) is 4.27. The zero-order chi connectivity index (χ0) is 20.8. The molecule has 1 amide bonds. The van der Waals surface area contributed by atoms with Crippen LogP contribution in [-0.4, -0.2) is 56.8 Å². The van der Waals surface area contributed by atoms with Gasteiger partial charge in [-0.05, 0) is 41.7 Å². The molecule has 30 heavy (non-hydrogen) atoms. The minimum atomic E-state index is -0.0722. The number of hydrogen-bond donors (Lipinski definition) is 1. The quantitative estimate of drug-likeness (QED) is 0.657. The fraction of sp³-hybridized carbons (Fsp3) is 0.375. The highest BCUT2D eigenvalue weighted by molar-refractivity contribution is 5.80. The average Bonchev–Trinajstić information content (AvgIpc) is 3.24. The topological polar surface area (TPSA) is 65.1 Å². The van der Waals surface area contributed by atoms with Gasteiger partial charge in [-0.1, -0.05) is 31.2 Å². The number of rotatable bonds is 7. The van der Waals surface area contributed by atoms with Gasteiger partial charge in [0.05, 0.1) is 12.5 Å². The maximum absolute atomic E-state index is 13.4. The SMILES string of the molecule is CCCN1CCN(Cc2ncc[nH]2)C[C@@H](Cc2ccccc2-c2ccncc2)C1=O. The van der Waals surface area contributed by atoms with Crippen LogP contribution in [0, 0.1) is 5.92 Å². The fourth-order valence-corrected chi connectivity index (χ4v) is 4.27. The van der Waals surface area contributed by atoms with Crippen molar-refractivity contribution < 1.29 is 4.79 Å². The molecule has 1 aliphatic heterocycles. The first-order chi connectivity index (χ1) is 14.7. The van der Waals surface area contributed by atoms with Crippen molar-refractivity contribution in [1.82, 2.24) is 24.8 Å². The van der Waals surface area contributed by atoms with E-state index in [2.05, 4.69) is 51.0 Å². The number of pyridine rings is 1. The molecule has 1 atom stereocenters. The molecule has 1 aliphatic rings. The van der Waals surface area contributed by atoms with Crippen LogP contribution in [0.1, 0.15) is 24.7 Å². The monoisotopic (exact) mass is 403 g/mol. The molecule has 0 unspecified atom stereocenters. The third-order valence-electron chi connectivity index (χ3n) is 5.72. The summed E-state index contributed by atoms with van der Waals surface area (Å²) in [7, 11) is 0. The lowest BCUT2D eigenvalue weighted by molar-refractivity contribution is -0.134. The molecule has 1 aromatic carbocycles. The Labute approximate surface area is 178 Å². The van der Waals surface area contributed by atoms with Crippen LogP contribution >= 0.6 is 0 Å². The molecular weight excluding hydrogens is 374 g/mol. The summed E-state index contributed by atoms with van der Waals surface area (Å²) < 4.78 is 0. The lowest BCUT2D eigenvalue weighted by Gasteiger charge is -2.24. The van der Waals surface area contributed by atoms with Crippen molar-refractivity contribution in [3.8, 4) is 11.1 Å². The van der Waals surface area contributed by atoms with Gasteiger partial charge in [0.25, 0.3) is 0 Å². The lowest BCUT2D eigenvalue weighted by Crippen LogP contribution is -2.37. The number of aromatic nitrogens is 3. The summed E-state index contributed by atoms with van der Waals surface area (Å²) in [4.78, 5) is 29.5. The van der Waals surface area contributed by atoms with E-state index in [0.29, 0.717) is 0 Å². The zero-order valence-corrected chi connectivity index (χ0v) is 17.5. The number of benzene rings is 1. The molecule has 4 rings (SSSR count). The van der Waals surface area contributed by atoms with Crippen LogP contribution in [0.15, 0.2) is 61.2 Å². The summed E-state index contributed by atoms with van der Waals surface area (Å²) in [6.07, 6.45) is 8.97. The Morgan fingerprint density at radius 2 is 1.93 bits per heavy atom. The van der Waals surface area contributed by atoms with Crippen LogP contribution < -0.4 is 0 Å². The molecule has 0 saturated carbocycles. The highest BCUT2D eigenvalue weighted by Crippen LogP contribution is 2.27. The molecule has 1 fully saturated rings. The van der Waals surface area contributed by atoms with Gasteiger partial charge in [-0.2, -0.15) is 0 Å². The van der Waals surface area contributed by atoms with Gasteiger partial charge in [0.15, 0.2) is 0 Å². The van der Waals surface area contributed by atoms with Crippen LogP contribution in [0.5, 0.6) is 0 Å². The van der Waals surface area contributed by atoms with Crippen molar-refractivity contribution in [2.45, 2.75) is 26.3 Å². The van der Waals surface area contributed by atoms with Gasteiger partial charge in [-0.15, -0.1) is 0 Å². The first kappa shape index (κ1) is 20.3. The molecule has 0 bridgehead atoms. The van der Waals surface area contributed by atoms with E-state index in [1.807, 2.05) is 35.6 Å². The molecule has 0 spiro atoms. The second kappa shape index (κ2) is 9.67. The smallest absolute Gasteiger partial charge is 0.227 e. The van der Waals surface area contributed by atoms with Gasteiger partial charge in [0.1, 0.15) is 5.82 Å². The van der Waals surface area contributed by atoms with Crippen LogP contribution in [-0.2, 0) is 17.8 Å². The summed E-state index contributed by atoms with van der Waals surface area (Å²) in [5, 5.41) is 0. The van der Waals surface area contributed by atoms with Crippen molar-refractivity contribution >= 4 is 5.91 Å². The van der Waals surface area contributed by atoms with E-state index >= 15 is 0 Å². The first-order valence-corrected chi connectivity index (χ1v) is 10.7. The Balaban J connectivity index is 1.59. The summed E-state index contributed by atoms with van der Waals surface area (Å²) in [5.41, 5.74) is 3.52. The molecular formula is C24H29N5O.